The summed E-state index contributed by atoms with van der Waals surface area (Å²) in [6.45, 7) is 0. The van der Waals surface area contributed by atoms with Gasteiger partial charge in [0.1, 0.15) is 28.8 Å². The largest absolute Gasteiger partial charge is 0.422 e. The molecule has 0 radical (unpaired) electrons. The van der Waals surface area contributed by atoms with E-state index in [-0.39, 0.29) is 5.75 Å². The Hall–Kier alpha value is -3.08. The maximum Gasteiger partial charge on any atom is 0.349 e. The summed E-state index contributed by atoms with van der Waals surface area (Å²) in [4.78, 5) is 12.1. The molecule has 0 saturated carbocycles. The van der Waals surface area contributed by atoms with Crippen molar-refractivity contribution in [1.82, 2.24) is 0 Å². The lowest BCUT2D eigenvalue weighted by Crippen LogP contribution is -2.14. The van der Waals surface area contributed by atoms with Crippen LogP contribution in [0.4, 0.5) is 13.2 Å². The van der Waals surface area contributed by atoms with E-state index in [1.165, 1.54) is 6.07 Å². The van der Waals surface area contributed by atoms with E-state index in [1.807, 2.05) is 30.3 Å². The van der Waals surface area contributed by atoms with Crippen molar-refractivity contribution in [2.45, 2.75) is 0 Å². The molecule has 2 nitrogen and oxygen atoms in total. The highest BCUT2D eigenvalue weighted by molar-refractivity contribution is 5.92. The van der Waals surface area contributed by atoms with Gasteiger partial charge in [-0.1, -0.05) is 48.5 Å². The molecule has 0 atom stereocenters. The van der Waals surface area contributed by atoms with Gasteiger partial charge in [-0.3, -0.25) is 0 Å². The van der Waals surface area contributed by atoms with Crippen molar-refractivity contribution >= 4 is 5.97 Å². The third kappa shape index (κ3) is 3.15. The molecule has 120 valence electrons. The summed E-state index contributed by atoms with van der Waals surface area (Å²) in [5.74, 6) is -4.80. The lowest BCUT2D eigenvalue weighted by atomic mass is 10.0. The van der Waals surface area contributed by atoms with Crippen molar-refractivity contribution in [3.63, 3.8) is 0 Å². The van der Waals surface area contributed by atoms with Crippen LogP contribution < -0.4 is 4.74 Å². The van der Waals surface area contributed by atoms with Gasteiger partial charge in [0.25, 0.3) is 0 Å². The average Bonchev–Trinajstić information content (AvgIpc) is 2.55. The van der Waals surface area contributed by atoms with Gasteiger partial charge in [0, 0.05) is 17.7 Å². The average molecular weight is 328 g/mol. The lowest BCUT2D eigenvalue weighted by Gasteiger charge is -2.11. The van der Waals surface area contributed by atoms with Crippen LogP contribution in [0.15, 0.2) is 66.7 Å². The smallest absolute Gasteiger partial charge is 0.349 e. The first-order valence-electron chi connectivity index (χ1n) is 7.07. The van der Waals surface area contributed by atoms with Crippen molar-refractivity contribution in [1.29, 1.82) is 0 Å². The van der Waals surface area contributed by atoms with Crippen LogP contribution >= 0.6 is 0 Å². The molecule has 3 aromatic carbocycles. The fourth-order valence-electron chi connectivity index (χ4n) is 2.30. The van der Waals surface area contributed by atoms with Crippen LogP contribution in [0.25, 0.3) is 11.1 Å². The zero-order chi connectivity index (χ0) is 17.1. The van der Waals surface area contributed by atoms with Crippen LogP contribution in [0.1, 0.15) is 10.4 Å². The second-order valence-corrected chi connectivity index (χ2v) is 5.00. The molecule has 3 rings (SSSR count). The minimum Gasteiger partial charge on any atom is -0.422 e. The number of ether oxygens (including phenoxy) is 1. The highest BCUT2D eigenvalue weighted by Gasteiger charge is 2.22. The maximum absolute atomic E-state index is 13.7. The minimum atomic E-state index is -1.31. The fraction of sp³-hybridized carbons (Fsp3) is 0. The first-order chi connectivity index (χ1) is 11.6. The standard InChI is InChI=1S/C19H11F3O2/c20-13-10-15(21)18(16(22)11-13)19(23)24-17-9-5-4-8-14(17)12-6-2-1-3-7-12/h1-11H. The van der Waals surface area contributed by atoms with Crippen molar-refractivity contribution in [2.75, 3.05) is 0 Å². The second kappa shape index (κ2) is 6.58. The van der Waals surface area contributed by atoms with Gasteiger partial charge >= 0.3 is 5.97 Å². The molecule has 0 heterocycles. The molecule has 0 saturated heterocycles. The van der Waals surface area contributed by atoms with Gasteiger partial charge in [-0.15, -0.1) is 0 Å². The molecule has 3 aromatic rings. The molecule has 0 amide bonds. The van der Waals surface area contributed by atoms with E-state index in [1.54, 1.807) is 18.2 Å². The normalized spacial score (nSPS) is 10.5. The Morgan fingerprint density at radius 1 is 0.792 bits per heavy atom. The van der Waals surface area contributed by atoms with Crippen LogP contribution in [0, 0.1) is 17.5 Å². The van der Waals surface area contributed by atoms with Gasteiger partial charge in [0.05, 0.1) is 0 Å². The summed E-state index contributed by atoms with van der Waals surface area (Å²) in [7, 11) is 0. The van der Waals surface area contributed by atoms with Crippen molar-refractivity contribution in [3.05, 3.63) is 89.7 Å². The second-order valence-electron chi connectivity index (χ2n) is 5.00. The summed E-state index contributed by atoms with van der Waals surface area (Å²) in [5.41, 5.74) is 0.439. The highest BCUT2D eigenvalue weighted by atomic mass is 19.1. The molecule has 0 aliphatic rings. The number of para-hydroxylation sites is 1. The lowest BCUT2D eigenvalue weighted by molar-refractivity contribution is 0.0725. The number of hydrogen-bond donors (Lipinski definition) is 0. The van der Waals surface area contributed by atoms with E-state index in [4.69, 9.17) is 4.74 Å². The molecule has 0 unspecified atom stereocenters. The van der Waals surface area contributed by atoms with E-state index in [0.717, 1.165) is 5.56 Å². The summed E-state index contributed by atoms with van der Waals surface area (Å²) in [6, 6.07) is 16.6. The predicted molar refractivity (Wildman–Crippen MR) is 83.2 cm³/mol. The zero-order valence-corrected chi connectivity index (χ0v) is 12.3. The molecule has 0 aliphatic heterocycles. The summed E-state index contributed by atoms with van der Waals surface area (Å²) in [5, 5.41) is 0. The molecule has 0 fully saturated rings. The van der Waals surface area contributed by atoms with Crippen LogP contribution in [0.2, 0.25) is 0 Å². The number of hydrogen-bond acceptors (Lipinski definition) is 2. The van der Waals surface area contributed by atoms with Crippen LogP contribution in [-0.2, 0) is 0 Å². The van der Waals surface area contributed by atoms with E-state index < -0.39 is 29.0 Å². The van der Waals surface area contributed by atoms with E-state index in [9.17, 15) is 18.0 Å². The number of benzene rings is 3. The SMILES string of the molecule is O=C(Oc1ccccc1-c1ccccc1)c1c(F)cc(F)cc1F. The molecular weight excluding hydrogens is 317 g/mol. The Balaban J connectivity index is 1.97. The highest BCUT2D eigenvalue weighted by Crippen LogP contribution is 2.30. The molecule has 0 aliphatic carbocycles. The Bertz CT molecular complexity index is 869. The Morgan fingerprint density at radius 3 is 2.04 bits per heavy atom. The zero-order valence-electron chi connectivity index (χ0n) is 12.3. The summed E-state index contributed by atoms with van der Waals surface area (Å²) < 4.78 is 45.5. The number of halogens is 3. The van der Waals surface area contributed by atoms with Crippen molar-refractivity contribution in [2.24, 2.45) is 0 Å². The number of rotatable bonds is 3. The molecule has 0 spiro atoms. The summed E-state index contributed by atoms with van der Waals surface area (Å²) in [6.07, 6.45) is 0. The van der Waals surface area contributed by atoms with Gasteiger partial charge in [-0.2, -0.15) is 0 Å². The third-order valence-corrected chi connectivity index (χ3v) is 3.39. The molecule has 5 heteroatoms. The number of carbonyl (C=O) groups excluding carboxylic acids is 1. The number of carbonyl (C=O) groups is 1. The van der Waals surface area contributed by atoms with Crippen LogP contribution in [0.5, 0.6) is 5.75 Å². The first kappa shape index (κ1) is 15.8. The van der Waals surface area contributed by atoms with Crippen molar-refractivity contribution in [3.8, 4) is 16.9 Å². The first-order valence-corrected chi connectivity index (χ1v) is 7.07. The Morgan fingerprint density at radius 2 is 1.38 bits per heavy atom. The van der Waals surface area contributed by atoms with Gasteiger partial charge in [0.2, 0.25) is 0 Å². The Kier molecular flexibility index (Phi) is 4.33. The van der Waals surface area contributed by atoms with E-state index in [2.05, 4.69) is 0 Å². The Labute approximate surface area is 136 Å². The molecular formula is C19H11F3O2. The van der Waals surface area contributed by atoms with E-state index >= 15 is 0 Å². The van der Waals surface area contributed by atoms with Crippen LogP contribution in [-0.4, -0.2) is 5.97 Å². The van der Waals surface area contributed by atoms with Gasteiger partial charge < -0.3 is 4.74 Å². The molecule has 24 heavy (non-hydrogen) atoms. The maximum atomic E-state index is 13.7. The van der Waals surface area contributed by atoms with E-state index in [0.29, 0.717) is 17.7 Å². The van der Waals surface area contributed by atoms with Crippen LogP contribution in [0.3, 0.4) is 0 Å². The third-order valence-electron chi connectivity index (χ3n) is 3.39. The monoisotopic (exact) mass is 328 g/mol. The molecule has 0 N–H and O–H groups in total. The van der Waals surface area contributed by atoms with Gasteiger partial charge in [0.15, 0.2) is 0 Å². The predicted octanol–water partition coefficient (Wildman–Crippen LogP) is 4.99. The fourth-order valence-corrected chi connectivity index (χ4v) is 2.30. The molecule has 0 aromatic heterocycles. The van der Waals surface area contributed by atoms with Gasteiger partial charge in [-0.05, 0) is 11.6 Å². The molecule has 0 bridgehead atoms. The quantitative estimate of drug-likeness (QED) is 0.500. The number of esters is 1. The van der Waals surface area contributed by atoms with Crippen molar-refractivity contribution < 1.29 is 22.7 Å². The summed E-state index contributed by atoms with van der Waals surface area (Å²) >= 11 is 0. The minimum absolute atomic E-state index is 0.150. The topological polar surface area (TPSA) is 26.3 Å². The van der Waals surface area contributed by atoms with Gasteiger partial charge in [-0.25, -0.2) is 18.0 Å².